The molecule has 0 aliphatic heterocycles. The highest BCUT2D eigenvalue weighted by molar-refractivity contribution is 5.73. The van der Waals surface area contributed by atoms with Crippen molar-refractivity contribution in [2.24, 2.45) is 0 Å². The van der Waals surface area contributed by atoms with Gasteiger partial charge in [-0.1, -0.05) is 0 Å². The minimum absolute atomic E-state index is 0.0175. The molecule has 1 heterocycles. The first-order valence-electron chi connectivity index (χ1n) is 4.21. The third-order valence-corrected chi connectivity index (χ3v) is 1.85. The van der Waals surface area contributed by atoms with E-state index in [4.69, 9.17) is 10.00 Å². The Morgan fingerprint density at radius 3 is 2.87 bits per heavy atom. The van der Waals surface area contributed by atoms with Crippen molar-refractivity contribution in [1.29, 1.82) is 5.26 Å². The molecule has 0 amide bonds. The van der Waals surface area contributed by atoms with E-state index >= 15 is 0 Å². The number of rotatable bonds is 3. The van der Waals surface area contributed by atoms with Gasteiger partial charge in [-0.15, -0.1) is 0 Å². The van der Waals surface area contributed by atoms with E-state index in [1.807, 2.05) is 6.07 Å². The number of methoxy groups -OCH3 is 2. The second kappa shape index (κ2) is 4.96. The van der Waals surface area contributed by atoms with Crippen LogP contribution in [0.4, 0.5) is 0 Å². The molecule has 1 rings (SSSR count). The first kappa shape index (κ1) is 11.0. The summed E-state index contributed by atoms with van der Waals surface area (Å²) in [6.45, 7) is 0. The Labute approximate surface area is 87.3 Å². The number of hydrogen-bond acceptors (Lipinski definition) is 5. The molecule has 0 atom stereocenters. The van der Waals surface area contributed by atoms with Crippen LogP contribution in [0.5, 0.6) is 5.75 Å². The molecule has 0 N–H and O–H groups in total. The number of aromatic nitrogens is 1. The zero-order valence-electron chi connectivity index (χ0n) is 8.48. The van der Waals surface area contributed by atoms with Crippen molar-refractivity contribution in [1.82, 2.24) is 4.98 Å². The van der Waals surface area contributed by atoms with Crippen molar-refractivity contribution in [3.63, 3.8) is 0 Å². The van der Waals surface area contributed by atoms with Crippen LogP contribution in [0.25, 0.3) is 0 Å². The van der Waals surface area contributed by atoms with Gasteiger partial charge in [0.05, 0.1) is 26.8 Å². The van der Waals surface area contributed by atoms with Crippen LogP contribution in [0.2, 0.25) is 0 Å². The van der Waals surface area contributed by atoms with Crippen LogP contribution in [-0.2, 0) is 16.0 Å². The largest absolute Gasteiger partial charge is 0.495 e. The summed E-state index contributed by atoms with van der Waals surface area (Å²) in [5, 5.41) is 8.76. The number of pyridine rings is 1. The molecule has 0 fully saturated rings. The van der Waals surface area contributed by atoms with Crippen LogP contribution in [0.15, 0.2) is 12.3 Å². The Morgan fingerprint density at radius 2 is 2.33 bits per heavy atom. The monoisotopic (exact) mass is 206 g/mol. The number of esters is 1. The van der Waals surface area contributed by atoms with Crippen LogP contribution >= 0.6 is 0 Å². The van der Waals surface area contributed by atoms with Crippen LogP contribution in [0.1, 0.15) is 11.3 Å². The molecule has 5 nitrogen and oxygen atoms in total. The molecular weight excluding hydrogens is 196 g/mol. The molecule has 0 aromatic carbocycles. The third-order valence-electron chi connectivity index (χ3n) is 1.85. The molecular formula is C10H10N2O3. The van der Waals surface area contributed by atoms with Crippen molar-refractivity contribution < 1.29 is 14.3 Å². The maximum atomic E-state index is 11.0. The van der Waals surface area contributed by atoms with Gasteiger partial charge in [-0.3, -0.25) is 4.79 Å². The molecule has 0 saturated heterocycles. The highest BCUT2D eigenvalue weighted by Gasteiger charge is 2.10. The van der Waals surface area contributed by atoms with Crippen molar-refractivity contribution in [2.45, 2.75) is 6.42 Å². The normalized spacial score (nSPS) is 9.13. The van der Waals surface area contributed by atoms with Gasteiger partial charge in [-0.25, -0.2) is 4.98 Å². The smallest absolute Gasteiger partial charge is 0.310 e. The average Bonchev–Trinajstić information content (AvgIpc) is 2.28. The Balaban J connectivity index is 3.02. The number of hydrogen-bond donors (Lipinski definition) is 0. The van der Waals surface area contributed by atoms with Gasteiger partial charge in [0.15, 0.2) is 0 Å². The average molecular weight is 206 g/mol. The zero-order chi connectivity index (χ0) is 11.3. The Bertz CT molecular complexity index is 410. The van der Waals surface area contributed by atoms with E-state index in [0.717, 1.165) is 0 Å². The minimum Gasteiger partial charge on any atom is -0.495 e. The van der Waals surface area contributed by atoms with E-state index in [9.17, 15) is 4.79 Å². The van der Waals surface area contributed by atoms with Gasteiger partial charge in [0.25, 0.3) is 0 Å². The molecule has 15 heavy (non-hydrogen) atoms. The predicted molar refractivity (Wildman–Crippen MR) is 51.2 cm³/mol. The first-order valence-corrected chi connectivity index (χ1v) is 4.21. The lowest BCUT2D eigenvalue weighted by atomic mass is 10.1. The van der Waals surface area contributed by atoms with Gasteiger partial charge in [0.1, 0.15) is 17.5 Å². The van der Waals surface area contributed by atoms with Crippen LogP contribution in [0, 0.1) is 11.3 Å². The van der Waals surface area contributed by atoms with Gasteiger partial charge in [-0.2, -0.15) is 5.26 Å². The van der Waals surface area contributed by atoms with E-state index in [0.29, 0.717) is 11.3 Å². The quantitative estimate of drug-likeness (QED) is 0.680. The summed E-state index contributed by atoms with van der Waals surface area (Å²) in [5.41, 5.74) is 0.713. The topological polar surface area (TPSA) is 72.2 Å². The number of nitriles is 1. The fraction of sp³-hybridized carbons (Fsp3) is 0.300. The van der Waals surface area contributed by atoms with Crippen molar-refractivity contribution in [2.75, 3.05) is 14.2 Å². The lowest BCUT2D eigenvalue weighted by Gasteiger charge is -2.04. The van der Waals surface area contributed by atoms with E-state index in [2.05, 4.69) is 9.72 Å². The summed E-state index contributed by atoms with van der Waals surface area (Å²) in [6, 6.07) is 3.50. The van der Waals surface area contributed by atoms with Crippen molar-refractivity contribution in [3.05, 3.63) is 23.5 Å². The molecule has 5 heteroatoms. The Hall–Kier alpha value is -2.09. The maximum Gasteiger partial charge on any atom is 0.310 e. The summed E-state index contributed by atoms with van der Waals surface area (Å²) in [5.74, 6) is 0.0921. The van der Waals surface area contributed by atoms with E-state index < -0.39 is 5.97 Å². The Morgan fingerprint density at radius 1 is 1.60 bits per heavy atom. The number of nitrogens with zero attached hydrogens (tertiary/aromatic N) is 2. The van der Waals surface area contributed by atoms with E-state index in [1.54, 1.807) is 6.07 Å². The fourth-order valence-corrected chi connectivity index (χ4v) is 1.06. The molecule has 78 valence electrons. The summed E-state index contributed by atoms with van der Waals surface area (Å²) >= 11 is 0. The Kier molecular flexibility index (Phi) is 3.63. The molecule has 1 aromatic rings. The van der Waals surface area contributed by atoms with Gasteiger partial charge < -0.3 is 9.47 Å². The van der Waals surface area contributed by atoms with Crippen LogP contribution in [-0.4, -0.2) is 25.2 Å². The summed E-state index contributed by atoms with van der Waals surface area (Å²) in [7, 11) is 2.78. The molecule has 0 radical (unpaired) electrons. The highest BCUT2D eigenvalue weighted by Crippen LogP contribution is 2.15. The minimum atomic E-state index is -0.415. The lowest BCUT2D eigenvalue weighted by Crippen LogP contribution is -2.07. The first-order chi connectivity index (χ1) is 7.21. The maximum absolute atomic E-state index is 11.0. The summed E-state index contributed by atoms with van der Waals surface area (Å²) < 4.78 is 9.46. The second-order valence-corrected chi connectivity index (χ2v) is 2.75. The van der Waals surface area contributed by atoms with Gasteiger partial charge in [0, 0.05) is 5.56 Å². The van der Waals surface area contributed by atoms with Crippen LogP contribution < -0.4 is 4.74 Å². The number of carbonyl (C=O) groups is 1. The molecule has 1 aromatic heterocycles. The molecule has 0 aliphatic rings. The molecule has 0 spiro atoms. The zero-order valence-corrected chi connectivity index (χ0v) is 8.48. The molecule has 0 unspecified atom stereocenters. The summed E-state index contributed by atoms with van der Waals surface area (Å²) in [6.07, 6.45) is 1.45. The SMILES string of the molecule is COC(=O)Cc1cc(OC)cnc1C#N. The highest BCUT2D eigenvalue weighted by atomic mass is 16.5. The van der Waals surface area contributed by atoms with Crippen molar-refractivity contribution in [3.8, 4) is 11.8 Å². The molecule has 0 saturated carbocycles. The fourth-order valence-electron chi connectivity index (χ4n) is 1.06. The van der Waals surface area contributed by atoms with Gasteiger partial charge in [0.2, 0.25) is 0 Å². The van der Waals surface area contributed by atoms with Crippen molar-refractivity contribution >= 4 is 5.97 Å². The second-order valence-electron chi connectivity index (χ2n) is 2.75. The van der Waals surface area contributed by atoms with E-state index in [1.165, 1.54) is 20.4 Å². The van der Waals surface area contributed by atoms with Crippen LogP contribution in [0.3, 0.4) is 0 Å². The van der Waals surface area contributed by atoms with E-state index in [-0.39, 0.29) is 12.1 Å². The van der Waals surface area contributed by atoms with Gasteiger partial charge in [-0.05, 0) is 6.07 Å². The third kappa shape index (κ3) is 2.68. The predicted octanol–water partition coefficient (Wildman–Crippen LogP) is 0.677. The lowest BCUT2D eigenvalue weighted by molar-refractivity contribution is -0.139. The number of ether oxygens (including phenoxy) is 2. The summed E-state index contributed by atoms with van der Waals surface area (Å²) in [4.78, 5) is 14.9. The molecule has 0 bridgehead atoms. The number of carbonyl (C=O) groups excluding carboxylic acids is 1. The van der Waals surface area contributed by atoms with Gasteiger partial charge >= 0.3 is 5.97 Å². The standard InChI is InChI=1S/C10H10N2O3/c1-14-8-3-7(4-10(13)15-2)9(5-11)12-6-8/h3,6H,4H2,1-2H3. The molecule has 0 aliphatic carbocycles.